The molecule has 2 heterocycles. The van der Waals surface area contributed by atoms with Gasteiger partial charge in [0.2, 0.25) is 15.9 Å². The number of rotatable bonds is 4. The van der Waals surface area contributed by atoms with E-state index in [-0.39, 0.29) is 34.9 Å². The molecule has 0 radical (unpaired) electrons. The molecule has 1 N–H and O–H groups in total. The van der Waals surface area contributed by atoms with Crippen LogP contribution in [0.1, 0.15) is 55.3 Å². The third kappa shape index (κ3) is 3.43. The summed E-state index contributed by atoms with van der Waals surface area (Å²) < 4.78 is 27.9. The summed E-state index contributed by atoms with van der Waals surface area (Å²) in [5, 5.41) is 12.5. The number of aromatic nitrogens is 2. The largest absolute Gasteiger partial charge is 0.310 e. The van der Waals surface area contributed by atoms with Crippen molar-refractivity contribution in [3.05, 3.63) is 47.4 Å². The van der Waals surface area contributed by atoms with Gasteiger partial charge in [0.1, 0.15) is 18.2 Å². The Morgan fingerprint density at radius 3 is 2.44 bits per heavy atom. The van der Waals surface area contributed by atoms with Gasteiger partial charge in [-0.2, -0.15) is 9.57 Å². The quantitative estimate of drug-likeness (QED) is 0.723. The Bertz CT molecular complexity index is 1280. The Morgan fingerprint density at radius 2 is 1.76 bits per heavy atom. The minimum Gasteiger partial charge on any atom is -0.310 e. The number of nitriles is 1. The van der Waals surface area contributed by atoms with Gasteiger partial charge in [0.25, 0.3) is 0 Å². The van der Waals surface area contributed by atoms with Crippen molar-refractivity contribution in [1.29, 1.82) is 5.26 Å². The fourth-order valence-corrected chi connectivity index (χ4v) is 8.74. The van der Waals surface area contributed by atoms with Crippen LogP contribution in [-0.2, 0) is 27.8 Å². The fraction of sp³-hybridized carbons (Fsp3) is 0.520. The molecule has 5 aliphatic rings. The first-order valence-electron chi connectivity index (χ1n) is 12.0. The Hall–Kier alpha value is -2.83. The van der Waals surface area contributed by atoms with E-state index in [1.54, 1.807) is 12.1 Å². The lowest BCUT2D eigenvalue weighted by atomic mass is 9.49. The van der Waals surface area contributed by atoms with Crippen LogP contribution in [-0.4, -0.2) is 35.1 Å². The molecule has 0 atom stereocenters. The van der Waals surface area contributed by atoms with Crippen LogP contribution in [0, 0.1) is 34.5 Å². The lowest BCUT2D eigenvalue weighted by Gasteiger charge is -2.55. The van der Waals surface area contributed by atoms with Crippen LogP contribution in [0.15, 0.2) is 35.5 Å². The van der Waals surface area contributed by atoms with E-state index in [9.17, 15) is 18.5 Å². The number of anilines is 1. The minimum absolute atomic E-state index is 0.00495. The van der Waals surface area contributed by atoms with Crippen molar-refractivity contribution in [2.24, 2.45) is 23.2 Å². The van der Waals surface area contributed by atoms with Crippen LogP contribution in [0.25, 0.3) is 0 Å². The van der Waals surface area contributed by atoms with Crippen molar-refractivity contribution in [2.75, 3.05) is 11.9 Å². The second-order valence-electron chi connectivity index (χ2n) is 10.5. The van der Waals surface area contributed by atoms with Gasteiger partial charge in [-0.05, 0) is 74.8 Å². The molecule has 0 unspecified atom stereocenters. The number of carbonyl (C=O) groups excluding carboxylic acids is 1. The van der Waals surface area contributed by atoms with Gasteiger partial charge in [0.05, 0.1) is 28.1 Å². The summed E-state index contributed by atoms with van der Waals surface area (Å²) in [6, 6.07) is 8.19. The fourth-order valence-electron chi connectivity index (χ4n) is 7.20. The third-order valence-corrected chi connectivity index (χ3v) is 10.3. The van der Waals surface area contributed by atoms with Crippen molar-refractivity contribution in [1.82, 2.24) is 14.3 Å². The number of sulfonamides is 1. The van der Waals surface area contributed by atoms with E-state index in [4.69, 9.17) is 0 Å². The van der Waals surface area contributed by atoms with Gasteiger partial charge in [-0.1, -0.05) is 12.1 Å². The molecule has 1 aliphatic heterocycles. The third-order valence-electron chi connectivity index (χ3n) is 8.35. The predicted octanol–water partition coefficient (Wildman–Crippen LogP) is 3.25. The molecule has 176 valence electrons. The Labute approximate surface area is 199 Å². The highest BCUT2D eigenvalue weighted by Gasteiger charge is 2.54. The molecule has 4 saturated carbocycles. The van der Waals surface area contributed by atoms with Crippen molar-refractivity contribution >= 4 is 21.7 Å². The molecule has 34 heavy (non-hydrogen) atoms. The van der Waals surface area contributed by atoms with Crippen LogP contribution < -0.4 is 5.32 Å². The van der Waals surface area contributed by atoms with Gasteiger partial charge in [-0.25, -0.2) is 18.4 Å². The summed E-state index contributed by atoms with van der Waals surface area (Å²) >= 11 is 0. The van der Waals surface area contributed by atoms with Crippen molar-refractivity contribution in [2.45, 2.75) is 56.4 Å². The molecule has 7 rings (SSSR count). The molecule has 0 spiro atoms. The molecule has 4 aliphatic carbocycles. The second-order valence-corrected chi connectivity index (χ2v) is 12.4. The molecule has 1 aromatic carbocycles. The van der Waals surface area contributed by atoms with Crippen molar-refractivity contribution in [3.8, 4) is 6.07 Å². The molecule has 4 bridgehead atoms. The first-order valence-corrected chi connectivity index (χ1v) is 13.5. The number of nitrogens with zero attached hydrogens (tertiary/aromatic N) is 4. The zero-order valence-electron chi connectivity index (χ0n) is 18.9. The highest BCUT2D eigenvalue weighted by atomic mass is 32.2. The molecule has 1 amide bonds. The van der Waals surface area contributed by atoms with Crippen molar-refractivity contribution < 1.29 is 13.2 Å². The zero-order chi connectivity index (χ0) is 23.5. The normalized spacial score (nSPS) is 29.9. The van der Waals surface area contributed by atoms with E-state index in [0.717, 1.165) is 24.8 Å². The number of fused-ring (bicyclic) bond motifs is 1. The maximum Gasteiger partial charge on any atom is 0.244 e. The molecule has 2 aromatic rings. The molecule has 1 aromatic heterocycles. The highest BCUT2D eigenvalue weighted by molar-refractivity contribution is 7.89. The second kappa shape index (κ2) is 7.85. The Kier molecular flexibility index (Phi) is 5.01. The van der Waals surface area contributed by atoms with E-state index in [1.165, 1.54) is 42.0 Å². The number of amides is 1. The number of hydrogen-bond donors (Lipinski definition) is 1. The van der Waals surface area contributed by atoms with Crippen molar-refractivity contribution in [3.63, 3.8) is 0 Å². The summed E-state index contributed by atoms with van der Waals surface area (Å²) in [5.74, 6) is 2.61. The molecule has 8 nitrogen and oxygen atoms in total. The number of carbonyl (C=O) groups is 1. The molecule has 9 heteroatoms. The Balaban J connectivity index is 1.24. The maximum absolute atomic E-state index is 13.5. The van der Waals surface area contributed by atoms with Crippen LogP contribution in [0.3, 0.4) is 0 Å². The SMILES string of the molecule is N#Cc1ccccc1S(=O)(=O)N1CCc2c(ncnc2NC(=O)C23CC4CC(CC(C4)C2)C3)C1. The zero-order valence-corrected chi connectivity index (χ0v) is 19.7. The van der Waals surface area contributed by atoms with E-state index < -0.39 is 10.0 Å². The lowest BCUT2D eigenvalue weighted by Crippen LogP contribution is -2.52. The predicted molar refractivity (Wildman–Crippen MR) is 124 cm³/mol. The van der Waals surface area contributed by atoms with Gasteiger partial charge in [-0.15, -0.1) is 0 Å². The summed E-state index contributed by atoms with van der Waals surface area (Å²) in [5.41, 5.74) is 1.25. The minimum atomic E-state index is -3.85. The Morgan fingerprint density at radius 1 is 1.09 bits per heavy atom. The average Bonchev–Trinajstić information content (AvgIpc) is 2.83. The number of nitrogens with one attached hydrogen (secondary N) is 1. The standard InChI is InChI=1S/C25H27N5O3S/c26-13-19-3-1-2-4-22(19)34(32,33)30-6-5-20-21(14-30)27-15-28-23(20)29-24(31)25-10-16-7-17(11-25)9-18(8-16)12-25/h1-4,15-18H,5-12,14H2,(H,27,28,29,31). The number of hydrogen-bond acceptors (Lipinski definition) is 6. The molecule has 4 fully saturated rings. The van der Waals surface area contributed by atoms with Gasteiger partial charge in [0.15, 0.2) is 0 Å². The smallest absolute Gasteiger partial charge is 0.244 e. The monoisotopic (exact) mass is 477 g/mol. The van der Waals surface area contributed by atoms with Gasteiger partial charge < -0.3 is 5.32 Å². The van der Waals surface area contributed by atoms with E-state index in [1.807, 2.05) is 6.07 Å². The molecular formula is C25H27N5O3S. The average molecular weight is 478 g/mol. The molecular weight excluding hydrogens is 450 g/mol. The molecule has 0 saturated heterocycles. The summed E-state index contributed by atoms with van der Waals surface area (Å²) in [4.78, 5) is 22.3. The summed E-state index contributed by atoms with van der Waals surface area (Å²) in [6.07, 6.45) is 8.54. The van der Waals surface area contributed by atoms with Gasteiger partial charge >= 0.3 is 0 Å². The van der Waals surface area contributed by atoms with Crippen LogP contribution in [0.2, 0.25) is 0 Å². The first kappa shape index (κ1) is 21.7. The van der Waals surface area contributed by atoms with Gasteiger partial charge in [0, 0.05) is 12.1 Å². The highest BCUT2D eigenvalue weighted by Crippen LogP contribution is 2.60. The van der Waals surface area contributed by atoms with E-state index >= 15 is 0 Å². The maximum atomic E-state index is 13.5. The van der Waals surface area contributed by atoms with E-state index in [2.05, 4.69) is 15.3 Å². The summed E-state index contributed by atoms with van der Waals surface area (Å²) in [6.45, 7) is 0.322. The van der Waals surface area contributed by atoms with Gasteiger partial charge in [-0.3, -0.25) is 4.79 Å². The van der Waals surface area contributed by atoms with Crippen LogP contribution in [0.5, 0.6) is 0 Å². The first-order chi connectivity index (χ1) is 16.4. The lowest BCUT2D eigenvalue weighted by molar-refractivity contribution is -0.140. The van der Waals surface area contributed by atoms with E-state index in [0.29, 0.717) is 35.7 Å². The summed E-state index contributed by atoms with van der Waals surface area (Å²) in [7, 11) is -3.85. The topological polar surface area (TPSA) is 116 Å². The van der Waals surface area contributed by atoms with Crippen LogP contribution in [0.4, 0.5) is 5.82 Å². The number of benzene rings is 1. The van der Waals surface area contributed by atoms with Crippen LogP contribution >= 0.6 is 0 Å².